The molecule has 212 valence electrons. The Kier molecular flexibility index (Phi) is 8.69. The van der Waals surface area contributed by atoms with E-state index in [2.05, 4.69) is 25.4 Å². The van der Waals surface area contributed by atoms with Crippen molar-refractivity contribution >= 4 is 23.5 Å². The maximum Gasteiger partial charge on any atom is 0.350 e. The minimum absolute atomic E-state index is 0.0274. The van der Waals surface area contributed by atoms with E-state index in [9.17, 15) is 9.59 Å². The van der Waals surface area contributed by atoms with Gasteiger partial charge < -0.3 is 30.4 Å². The van der Waals surface area contributed by atoms with Crippen molar-refractivity contribution < 1.29 is 28.9 Å². The zero-order chi connectivity index (χ0) is 29.5. The summed E-state index contributed by atoms with van der Waals surface area (Å²) in [4.78, 5) is 44.5. The normalized spacial score (nSPS) is 12.5. The number of rotatable bonds is 7. The van der Waals surface area contributed by atoms with Crippen LogP contribution in [0.5, 0.6) is 11.5 Å². The number of nitrogens with two attached hydrogens (primary N) is 1. The Hall–Kier alpha value is -5.57. The molecule has 0 radical (unpaired) electrons. The maximum absolute atomic E-state index is 12.8. The number of nitrogen functional groups attached to an aromatic ring is 1. The Balaban J connectivity index is 0.000000909. The van der Waals surface area contributed by atoms with Crippen molar-refractivity contribution in [1.29, 1.82) is 5.41 Å². The standard InChI is InChI=1S/C24H22N8O5.C2H4O2/c1-13(33)37-18-10-15(9-16-11-35-12-36-20(16)18)19(29-17-5-3-14(4-6-17)21(25)26)22-30-24(34)32(31-22)23-27-7-2-8-28-23;1-2(3)4/h2-10,19,29H,11-12H2,1H3,(H3,25,26)(H,30,31,34);1H3,(H,3,4)/t19-;/m0./s1. The number of carboxylic acids is 1. The molecule has 0 fully saturated rings. The van der Waals surface area contributed by atoms with Gasteiger partial charge in [-0.1, -0.05) is 0 Å². The molecule has 15 heteroatoms. The number of nitrogens with zero attached hydrogens (tertiary/aromatic N) is 4. The molecule has 1 atom stereocenters. The average molecular weight is 563 g/mol. The predicted octanol–water partition coefficient (Wildman–Crippen LogP) is 1.72. The van der Waals surface area contributed by atoms with Crippen molar-refractivity contribution in [2.75, 3.05) is 12.1 Å². The lowest BCUT2D eigenvalue weighted by Crippen LogP contribution is -2.19. The fourth-order valence-electron chi connectivity index (χ4n) is 3.83. The SMILES string of the molecule is CC(=O)O.CC(=O)Oc1cc([C@H](Nc2ccc(C(=N)N)cc2)c2nn(-c3ncccn3)c(=O)[nH]2)cc2c1OCOC2. The van der Waals surface area contributed by atoms with Crippen LogP contribution in [0.2, 0.25) is 0 Å². The number of H-pyrrole nitrogens is 1. The van der Waals surface area contributed by atoms with E-state index in [-0.39, 0.29) is 36.8 Å². The summed E-state index contributed by atoms with van der Waals surface area (Å²) in [7, 11) is 0. The van der Waals surface area contributed by atoms with E-state index in [1.807, 2.05) is 6.07 Å². The van der Waals surface area contributed by atoms with E-state index >= 15 is 0 Å². The van der Waals surface area contributed by atoms with Crippen LogP contribution in [0.25, 0.3) is 5.95 Å². The number of aromatic amines is 1. The number of carbonyl (C=O) groups excluding carboxylic acids is 1. The summed E-state index contributed by atoms with van der Waals surface area (Å²) >= 11 is 0. The number of carbonyl (C=O) groups is 2. The van der Waals surface area contributed by atoms with Gasteiger partial charge in [-0.3, -0.25) is 20.0 Å². The first-order valence-corrected chi connectivity index (χ1v) is 12.0. The van der Waals surface area contributed by atoms with Gasteiger partial charge in [-0.15, -0.1) is 9.78 Å². The Labute approximate surface area is 232 Å². The molecule has 4 aromatic rings. The smallest absolute Gasteiger partial charge is 0.350 e. The number of nitrogens with one attached hydrogen (secondary N) is 3. The number of hydrogen-bond acceptors (Lipinski definition) is 11. The van der Waals surface area contributed by atoms with Gasteiger partial charge in [0.05, 0.1) is 6.61 Å². The first-order valence-electron chi connectivity index (χ1n) is 12.0. The highest BCUT2D eigenvalue weighted by Crippen LogP contribution is 2.39. The van der Waals surface area contributed by atoms with Crippen LogP contribution in [0, 0.1) is 5.41 Å². The van der Waals surface area contributed by atoms with Gasteiger partial charge in [0.1, 0.15) is 11.9 Å². The fraction of sp³-hybridized carbons (Fsp3) is 0.192. The molecule has 15 nitrogen and oxygen atoms in total. The molecule has 1 aliphatic rings. The van der Waals surface area contributed by atoms with Gasteiger partial charge in [0.15, 0.2) is 24.1 Å². The third-order valence-electron chi connectivity index (χ3n) is 5.44. The molecule has 41 heavy (non-hydrogen) atoms. The Morgan fingerprint density at radius 3 is 2.51 bits per heavy atom. The molecule has 2 aromatic heterocycles. The topological polar surface area (TPSA) is 220 Å². The first-order chi connectivity index (χ1) is 19.6. The van der Waals surface area contributed by atoms with Gasteiger partial charge in [0.2, 0.25) is 0 Å². The number of ether oxygens (including phenoxy) is 3. The van der Waals surface area contributed by atoms with Crippen LogP contribution >= 0.6 is 0 Å². The molecule has 0 spiro atoms. The van der Waals surface area contributed by atoms with Gasteiger partial charge in [-0.2, -0.15) is 0 Å². The molecule has 0 saturated carbocycles. The average Bonchev–Trinajstić information content (AvgIpc) is 3.33. The number of aromatic nitrogens is 5. The summed E-state index contributed by atoms with van der Waals surface area (Å²) in [6.07, 6.45) is 3.01. The minimum Gasteiger partial charge on any atom is -0.481 e. The van der Waals surface area contributed by atoms with Crippen molar-refractivity contribution in [2.45, 2.75) is 26.5 Å². The molecule has 3 heterocycles. The number of carboxylic acid groups (broad SMARTS) is 1. The lowest BCUT2D eigenvalue weighted by Gasteiger charge is -2.24. The second kappa shape index (κ2) is 12.5. The molecular weight excluding hydrogens is 536 g/mol. The second-order valence-electron chi connectivity index (χ2n) is 8.57. The highest BCUT2D eigenvalue weighted by molar-refractivity contribution is 5.95. The number of aliphatic carboxylic acids is 1. The maximum atomic E-state index is 12.8. The second-order valence-corrected chi connectivity index (χ2v) is 8.57. The third-order valence-corrected chi connectivity index (χ3v) is 5.44. The van der Waals surface area contributed by atoms with Gasteiger partial charge in [0, 0.05) is 43.1 Å². The molecule has 5 rings (SSSR count). The molecular formula is C26H26N8O7. The summed E-state index contributed by atoms with van der Waals surface area (Å²) in [6.45, 7) is 2.64. The zero-order valence-electron chi connectivity index (χ0n) is 22.0. The molecule has 0 bridgehead atoms. The molecule has 0 unspecified atom stereocenters. The number of anilines is 1. The van der Waals surface area contributed by atoms with E-state index in [4.69, 9.17) is 35.3 Å². The van der Waals surface area contributed by atoms with Crippen LogP contribution in [0.15, 0.2) is 59.7 Å². The fourth-order valence-corrected chi connectivity index (χ4v) is 3.83. The van der Waals surface area contributed by atoms with Gasteiger partial charge in [-0.25, -0.2) is 14.8 Å². The summed E-state index contributed by atoms with van der Waals surface area (Å²) < 4.78 is 17.5. The van der Waals surface area contributed by atoms with Crippen LogP contribution in [0.3, 0.4) is 0 Å². The lowest BCUT2D eigenvalue weighted by molar-refractivity contribution is -0.134. The predicted molar refractivity (Wildman–Crippen MR) is 144 cm³/mol. The lowest BCUT2D eigenvalue weighted by atomic mass is 10.0. The van der Waals surface area contributed by atoms with Crippen molar-refractivity contribution in [3.63, 3.8) is 0 Å². The minimum atomic E-state index is -0.833. The van der Waals surface area contributed by atoms with Gasteiger partial charge in [0.25, 0.3) is 11.9 Å². The van der Waals surface area contributed by atoms with Crippen molar-refractivity contribution in [1.82, 2.24) is 24.7 Å². The summed E-state index contributed by atoms with van der Waals surface area (Å²) in [5.74, 6) is -0.430. The molecule has 1 aliphatic heterocycles. The van der Waals surface area contributed by atoms with E-state index in [0.29, 0.717) is 28.1 Å². The Bertz CT molecular complexity index is 1610. The Morgan fingerprint density at radius 2 is 1.88 bits per heavy atom. The van der Waals surface area contributed by atoms with Crippen LogP contribution in [-0.2, 0) is 20.9 Å². The van der Waals surface area contributed by atoms with Crippen LogP contribution in [0.4, 0.5) is 5.69 Å². The number of fused-ring (bicyclic) bond motifs is 1. The molecule has 6 N–H and O–H groups in total. The van der Waals surface area contributed by atoms with Crippen molar-refractivity contribution in [3.8, 4) is 17.4 Å². The van der Waals surface area contributed by atoms with E-state index < -0.39 is 23.7 Å². The summed E-state index contributed by atoms with van der Waals surface area (Å²) in [5.41, 5.74) is 7.51. The largest absolute Gasteiger partial charge is 0.481 e. The van der Waals surface area contributed by atoms with E-state index in [0.717, 1.165) is 11.6 Å². The zero-order valence-corrected chi connectivity index (χ0v) is 22.0. The monoisotopic (exact) mass is 562 g/mol. The van der Waals surface area contributed by atoms with Crippen molar-refractivity contribution in [2.24, 2.45) is 5.73 Å². The van der Waals surface area contributed by atoms with E-state index in [1.165, 1.54) is 19.3 Å². The highest BCUT2D eigenvalue weighted by Gasteiger charge is 2.26. The van der Waals surface area contributed by atoms with Gasteiger partial charge in [-0.05, 0) is 48.0 Å². The summed E-state index contributed by atoms with van der Waals surface area (Å²) in [6, 6.07) is 11.3. The van der Waals surface area contributed by atoms with Crippen LogP contribution < -0.4 is 26.2 Å². The summed E-state index contributed by atoms with van der Waals surface area (Å²) in [5, 5.41) is 22.8. The number of hydrogen-bond donors (Lipinski definition) is 5. The molecule has 2 aromatic carbocycles. The molecule has 0 saturated heterocycles. The highest BCUT2D eigenvalue weighted by atomic mass is 16.7. The van der Waals surface area contributed by atoms with Crippen molar-refractivity contribution in [3.05, 3.63) is 87.9 Å². The van der Waals surface area contributed by atoms with Crippen LogP contribution in [0.1, 0.15) is 42.4 Å². The van der Waals surface area contributed by atoms with Gasteiger partial charge >= 0.3 is 11.7 Å². The third kappa shape index (κ3) is 7.10. The number of esters is 1. The van der Waals surface area contributed by atoms with E-state index in [1.54, 1.807) is 36.4 Å². The quantitative estimate of drug-likeness (QED) is 0.0940. The number of benzene rings is 2. The Morgan fingerprint density at radius 1 is 1.20 bits per heavy atom. The molecule has 0 amide bonds. The number of amidine groups is 1. The molecule has 0 aliphatic carbocycles. The van der Waals surface area contributed by atoms with Crippen LogP contribution in [-0.4, -0.2) is 54.4 Å². The first kappa shape index (κ1) is 28.4.